The lowest BCUT2D eigenvalue weighted by Gasteiger charge is -2.31. The quantitative estimate of drug-likeness (QED) is 0.304. The van der Waals surface area contributed by atoms with Crippen LogP contribution in [0, 0.1) is 5.41 Å². The van der Waals surface area contributed by atoms with Crippen LogP contribution in [0.4, 0.5) is 23.1 Å². The third kappa shape index (κ3) is 8.11. The second-order valence-corrected chi connectivity index (χ2v) is 10.5. The summed E-state index contributed by atoms with van der Waals surface area (Å²) in [5.74, 6) is 1.71. The molecule has 0 atom stereocenters. The van der Waals surface area contributed by atoms with Gasteiger partial charge in [0.1, 0.15) is 17.3 Å². The molecule has 0 radical (unpaired) electrons. The van der Waals surface area contributed by atoms with Gasteiger partial charge in [-0.05, 0) is 29.7 Å². The SMILES string of the molecule is CCC(=Nc1ccc(NC(=O)c2cc(N3CCOCC3)nc(N3CCOCC3)n2)cc1)NOCC(C)(C)C. The van der Waals surface area contributed by atoms with Gasteiger partial charge in [0.15, 0.2) is 0 Å². The van der Waals surface area contributed by atoms with Crippen LogP contribution in [0.5, 0.6) is 0 Å². The minimum Gasteiger partial charge on any atom is -0.378 e. The van der Waals surface area contributed by atoms with E-state index < -0.39 is 0 Å². The molecule has 2 aliphatic rings. The summed E-state index contributed by atoms with van der Waals surface area (Å²) in [5.41, 5.74) is 4.74. The molecule has 2 fully saturated rings. The van der Waals surface area contributed by atoms with Crippen LogP contribution in [0.3, 0.4) is 0 Å². The molecule has 2 aromatic rings. The van der Waals surface area contributed by atoms with E-state index in [1.807, 2.05) is 31.2 Å². The molecule has 11 heteroatoms. The van der Waals surface area contributed by atoms with Gasteiger partial charge in [0.05, 0.1) is 38.7 Å². The number of hydroxylamine groups is 1. The molecule has 0 aliphatic carbocycles. The number of hydrogen-bond donors (Lipinski definition) is 2. The highest BCUT2D eigenvalue weighted by Crippen LogP contribution is 2.22. The summed E-state index contributed by atoms with van der Waals surface area (Å²) in [6.45, 7) is 14.2. The Kier molecular flexibility index (Phi) is 9.48. The number of amides is 1. The maximum Gasteiger partial charge on any atom is 0.274 e. The smallest absolute Gasteiger partial charge is 0.274 e. The maximum absolute atomic E-state index is 13.3. The van der Waals surface area contributed by atoms with Crippen molar-refractivity contribution in [3.63, 3.8) is 0 Å². The zero-order valence-electron chi connectivity index (χ0n) is 22.8. The van der Waals surface area contributed by atoms with E-state index in [0.717, 1.165) is 30.4 Å². The van der Waals surface area contributed by atoms with Gasteiger partial charge in [-0.2, -0.15) is 4.98 Å². The van der Waals surface area contributed by atoms with Crippen molar-refractivity contribution >= 4 is 34.9 Å². The van der Waals surface area contributed by atoms with Gasteiger partial charge in [0, 0.05) is 44.4 Å². The van der Waals surface area contributed by atoms with Gasteiger partial charge >= 0.3 is 0 Å². The topological polar surface area (TPSA) is 113 Å². The number of morpholine rings is 2. The predicted molar refractivity (Wildman–Crippen MR) is 148 cm³/mol. The molecule has 2 N–H and O–H groups in total. The molecule has 0 spiro atoms. The second-order valence-electron chi connectivity index (χ2n) is 10.5. The van der Waals surface area contributed by atoms with E-state index in [0.29, 0.717) is 69.9 Å². The van der Waals surface area contributed by atoms with E-state index in [2.05, 4.69) is 51.3 Å². The molecule has 0 unspecified atom stereocenters. The number of nitrogens with zero attached hydrogens (tertiary/aromatic N) is 5. The average Bonchev–Trinajstić information content (AvgIpc) is 2.93. The minimum absolute atomic E-state index is 0.0568. The van der Waals surface area contributed by atoms with E-state index in [9.17, 15) is 4.79 Å². The van der Waals surface area contributed by atoms with Gasteiger partial charge in [-0.1, -0.05) is 27.7 Å². The first-order chi connectivity index (χ1) is 18.3. The van der Waals surface area contributed by atoms with Crippen molar-refractivity contribution in [3.8, 4) is 0 Å². The Hall–Kier alpha value is -3.28. The predicted octanol–water partition coefficient (Wildman–Crippen LogP) is 3.41. The van der Waals surface area contributed by atoms with Gasteiger partial charge in [0.2, 0.25) is 5.95 Å². The number of carbonyl (C=O) groups excluding carboxylic acids is 1. The third-order valence-corrected chi connectivity index (χ3v) is 5.98. The average molecular weight is 526 g/mol. The Morgan fingerprint density at radius 3 is 2.24 bits per heavy atom. The van der Waals surface area contributed by atoms with Gasteiger partial charge in [0.25, 0.3) is 5.91 Å². The number of anilines is 3. The van der Waals surface area contributed by atoms with Crippen molar-refractivity contribution in [2.45, 2.75) is 34.1 Å². The van der Waals surface area contributed by atoms with Crippen molar-refractivity contribution in [2.24, 2.45) is 10.4 Å². The lowest BCUT2D eigenvalue weighted by Crippen LogP contribution is -2.40. The number of benzene rings is 1. The molecule has 0 bridgehead atoms. The third-order valence-electron chi connectivity index (χ3n) is 5.98. The number of nitrogens with one attached hydrogen (secondary N) is 2. The molecule has 2 saturated heterocycles. The first-order valence-electron chi connectivity index (χ1n) is 13.2. The van der Waals surface area contributed by atoms with Crippen LogP contribution in [0.2, 0.25) is 0 Å². The number of aliphatic imine (C=N–C) groups is 1. The van der Waals surface area contributed by atoms with E-state index in [-0.39, 0.29) is 11.3 Å². The second kappa shape index (κ2) is 13.0. The highest BCUT2D eigenvalue weighted by molar-refractivity contribution is 6.03. The first-order valence-corrected chi connectivity index (χ1v) is 13.2. The molecular weight excluding hydrogens is 486 g/mol. The minimum atomic E-state index is -0.292. The molecule has 2 aliphatic heterocycles. The molecule has 0 saturated carbocycles. The van der Waals surface area contributed by atoms with Crippen LogP contribution in [-0.2, 0) is 14.3 Å². The fourth-order valence-corrected chi connectivity index (χ4v) is 3.88. The summed E-state index contributed by atoms with van der Waals surface area (Å²) < 4.78 is 11.0. The molecule has 1 amide bonds. The molecule has 3 heterocycles. The zero-order valence-corrected chi connectivity index (χ0v) is 22.8. The Bertz CT molecular complexity index is 1050. The van der Waals surface area contributed by atoms with Crippen LogP contribution in [0.25, 0.3) is 0 Å². The van der Waals surface area contributed by atoms with E-state index in [1.165, 1.54) is 0 Å². The molecule has 1 aromatic carbocycles. The Morgan fingerprint density at radius 1 is 1.00 bits per heavy atom. The fraction of sp³-hybridized carbons (Fsp3) is 0.556. The van der Waals surface area contributed by atoms with Crippen LogP contribution < -0.4 is 20.6 Å². The molecule has 4 rings (SSSR count). The molecule has 38 heavy (non-hydrogen) atoms. The molecular formula is C27H39N7O4. The van der Waals surface area contributed by atoms with E-state index in [4.69, 9.17) is 19.3 Å². The van der Waals surface area contributed by atoms with Crippen molar-refractivity contribution in [2.75, 3.05) is 74.3 Å². The first kappa shape index (κ1) is 27.7. The Morgan fingerprint density at radius 2 is 1.63 bits per heavy atom. The summed E-state index contributed by atoms with van der Waals surface area (Å²) in [5, 5.41) is 2.96. The van der Waals surface area contributed by atoms with Crippen molar-refractivity contribution in [1.82, 2.24) is 15.4 Å². The monoisotopic (exact) mass is 525 g/mol. The lowest BCUT2D eigenvalue weighted by molar-refractivity contribution is 0.0306. The number of carbonyl (C=O) groups is 1. The number of ether oxygens (including phenoxy) is 2. The highest BCUT2D eigenvalue weighted by atomic mass is 16.6. The Balaban J connectivity index is 1.46. The van der Waals surface area contributed by atoms with Crippen LogP contribution in [0.15, 0.2) is 35.3 Å². The summed E-state index contributed by atoms with van der Waals surface area (Å²) in [4.78, 5) is 37.0. The number of amidine groups is 1. The van der Waals surface area contributed by atoms with Crippen LogP contribution in [0.1, 0.15) is 44.6 Å². The van der Waals surface area contributed by atoms with E-state index >= 15 is 0 Å². The standard InChI is InChI=1S/C27H39N7O4/c1-5-23(32-38-19-27(2,3)4)28-20-6-8-21(9-7-20)29-25(35)22-18-24(33-10-14-36-15-11-33)31-26(30-22)34-12-16-37-17-13-34/h6-9,18H,5,10-17,19H2,1-4H3,(H,28,32)(H,29,35). The molecule has 206 valence electrons. The van der Waals surface area contributed by atoms with Crippen molar-refractivity contribution in [3.05, 3.63) is 36.0 Å². The summed E-state index contributed by atoms with van der Waals surface area (Å²) in [6, 6.07) is 9.12. The number of hydrogen-bond acceptors (Lipinski definition) is 9. The zero-order chi connectivity index (χ0) is 27.0. The van der Waals surface area contributed by atoms with Crippen molar-refractivity contribution in [1.29, 1.82) is 0 Å². The van der Waals surface area contributed by atoms with Crippen LogP contribution in [-0.4, -0.2) is 80.9 Å². The summed E-state index contributed by atoms with van der Waals surface area (Å²) >= 11 is 0. The molecule has 11 nitrogen and oxygen atoms in total. The van der Waals surface area contributed by atoms with Gasteiger partial charge in [-0.15, -0.1) is 0 Å². The van der Waals surface area contributed by atoms with Gasteiger partial charge < -0.3 is 24.6 Å². The lowest BCUT2D eigenvalue weighted by atomic mass is 9.99. The van der Waals surface area contributed by atoms with Gasteiger partial charge in [-0.25, -0.2) is 9.98 Å². The fourth-order valence-electron chi connectivity index (χ4n) is 3.88. The molecule has 1 aromatic heterocycles. The van der Waals surface area contributed by atoms with Gasteiger partial charge in [-0.3, -0.25) is 15.1 Å². The largest absolute Gasteiger partial charge is 0.378 e. The normalized spacial score (nSPS) is 16.9. The number of rotatable bonds is 8. The number of aromatic nitrogens is 2. The van der Waals surface area contributed by atoms with Crippen LogP contribution >= 0.6 is 0 Å². The highest BCUT2D eigenvalue weighted by Gasteiger charge is 2.22. The Labute approximate surface area is 224 Å². The summed E-state index contributed by atoms with van der Waals surface area (Å²) in [6.07, 6.45) is 0.702. The summed E-state index contributed by atoms with van der Waals surface area (Å²) in [7, 11) is 0. The van der Waals surface area contributed by atoms with E-state index in [1.54, 1.807) is 6.07 Å². The van der Waals surface area contributed by atoms with Crippen molar-refractivity contribution < 1.29 is 19.1 Å². The maximum atomic E-state index is 13.3.